The molecular weight excluding hydrogens is 298 g/mol. The van der Waals surface area contributed by atoms with Crippen LogP contribution in [0.2, 0.25) is 0 Å². The summed E-state index contributed by atoms with van der Waals surface area (Å²) < 4.78 is 1.86. The number of amides is 2. The van der Waals surface area contributed by atoms with Crippen molar-refractivity contribution in [3.05, 3.63) is 52.3 Å². The number of hydrogen-bond donors (Lipinski definition) is 2. The largest absolute Gasteiger partial charge is 0.364 e. The Morgan fingerprint density at radius 1 is 1.27 bits per heavy atom. The number of carbonyl (C=O) groups excluding carboxylic acids is 2. The number of anilines is 1. The van der Waals surface area contributed by atoms with Gasteiger partial charge < -0.3 is 15.6 Å². The molecule has 112 valence electrons. The zero-order chi connectivity index (χ0) is 15.7. The molecule has 0 aliphatic rings. The van der Waals surface area contributed by atoms with Gasteiger partial charge in [-0.1, -0.05) is 6.07 Å². The Morgan fingerprint density at radius 3 is 2.73 bits per heavy atom. The van der Waals surface area contributed by atoms with Crippen LogP contribution < -0.4 is 11.1 Å². The van der Waals surface area contributed by atoms with Crippen molar-refractivity contribution in [2.45, 2.75) is 13.5 Å². The number of thiophene rings is 1. The van der Waals surface area contributed by atoms with Gasteiger partial charge in [0.15, 0.2) is 0 Å². The number of primary amides is 1. The fraction of sp³-hybridized carbons (Fsp3) is 0.125. The highest BCUT2D eigenvalue weighted by molar-refractivity contribution is 7.12. The lowest BCUT2D eigenvalue weighted by Gasteiger charge is -2.06. The number of rotatable bonds is 4. The van der Waals surface area contributed by atoms with Gasteiger partial charge in [-0.25, -0.2) is 0 Å². The molecule has 2 heterocycles. The third kappa shape index (κ3) is 2.48. The van der Waals surface area contributed by atoms with E-state index in [0.29, 0.717) is 22.8 Å². The van der Waals surface area contributed by atoms with E-state index in [1.165, 1.54) is 11.3 Å². The minimum absolute atomic E-state index is 0.139. The van der Waals surface area contributed by atoms with E-state index in [1.807, 2.05) is 41.1 Å². The number of nitrogens with two attached hydrogens (primary N) is 1. The number of nitrogens with zero attached hydrogens (tertiary/aromatic N) is 1. The fourth-order valence-electron chi connectivity index (χ4n) is 2.49. The Hall–Kier alpha value is -2.60. The van der Waals surface area contributed by atoms with E-state index in [0.717, 1.165) is 10.9 Å². The maximum absolute atomic E-state index is 12.1. The predicted molar refractivity (Wildman–Crippen MR) is 88.4 cm³/mol. The zero-order valence-electron chi connectivity index (χ0n) is 12.0. The number of nitrogens with one attached hydrogen (secondary N) is 1. The Balaban J connectivity index is 1.96. The van der Waals surface area contributed by atoms with Gasteiger partial charge in [-0.3, -0.25) is 9.59 Å². The van der Waals surface area contributed by atoms with Crippen molar-refractivity contribution < 1.29 is 9.59 Å². The quantitative estimate of drug-likeness (QED) is 0.776. The van der Waals surface area contributed by atoms with E-state index < -0.39 is 5.91 Å². The topological polar surface area (TPSA) is 77.1 Å². The molecule has 0 fully saturated rings. The van der Waals surface area contributed by atoms with Gasteiger partial charge in [0.25, 0.3) is 11.8 Å². The second kappa shape index (κ2) is 5.65. The summed E-state index contributed by atoms with van der Waals surface area (Å²) in [5.41, 5.74) is 7.49. The number of benzene rings is 1. The van der Waals surface area contributed by atoms with Crippen molar-refractivity contribution in [3.63, 3.8) is 0 Å². The van der Waals surface area contributed by atoms with E-state index in [4.69, 9.17) is 5.73 Å². The van der Waals surface area contributed by atoms with Crippen molar-refractivity contribution >= 4 is 39.7 Å². The average molecular weight is 313 g/mol. The third-order valence-electron chi connectivity index (χ3n) is 3.47. The molecule has 3 rings (SSSR count). The predicted octanol–water partition coefficient (Wildman–Crippen LogP) is 3.07. The van der Waals surface area contributed by atoms with Crippen LogP contribution in [0.3, 0.4) is 0 Å². The number of aryl methyl sites for hydroxylation is 1. The van der Waals surface area contributed by atoms with Crippen LogP contribution in [-0.2, 0) is 6.54 Å². The summed E-state index contributed by atoms with van der Waals surface area (Å²) in [6.07, 6.45) is 0. The molecule has 6 heteroatoms. The molecule has 0 aliphatic heterocycles. The average Bonchev–Trinajstić information content (AvgIpc) is 3.14. The first-order valence-corrected chi connectivity index (χ1v) is 7.76. The second-order valence-corrected chi connectivity index (χ2v) is 5.79. The minimum atomic E-state index is -0.456. The second-order valence-electron chi connectivity index (χ2n) is 4.84. The van der Waals surface area contributed by atoms with Gasteiger partial charge in [0.05, 0.1) is 4.88 Å². The number of hydrogen-bond acceptors (Lipinski definition) is 3. The van der Waals surface area contributed by atoms with Crippen molar-refractivity contribution in [2.24, 2.45) is 5.73 Å². The first-order chi connectivity index (χ1) is 10.6. The van der Waals surface area contributed by atoms with Crippen molar-refractivity contribution in [1.82, 2.24) is 4.57 Å². The SMILES string of the molecule is CCn1c(C(N)=O)cc2cc(NC(=O)c3cccs3)ccc21. The van der Waals surface area contributed by atoms with Gasteiger partial charge in [0.1, 0.15) is 5.69 Å². The van der Waals surface area contributed by atoms with Gasteiger partial charge in [0, 0.05) is 23.1 Å². The molecule has 2 amide bonds. The fourth-order valence-corrected chi connectivity index (χ4v) is 3.11. The lowest BCUT2D eigenvalue weighted by molar-refractivity contribution is 0.0990. The lowest BCUT2D eigenvalue weighted by atomic mass is 10.2. The lowest BCUT2D eigenvalue weighted by Crippen LogP contribution is -2.16. The first kappa shape index (κ1) is 14.3. The summed E-state index contributed by atoms with van der Waals surface area (Å²) in [5, 5.41) is 5.59. The van der Waals surface area contributed by atoms with Crippen LogP contribution in [-0.4, -0.2) is 16.4 Å². The standard InChI is InChI=1S/C16H15N3O2S/c1-2-19-12-6-5-11(8-10(12)9-13(19)15(17)20)18-16(21)14-4-3-7-22-14/h3-9H,2H2,1H3,(H2,17,20)(H,18,21). The van der Waals surface area contributed by atoms with Gasteiger partial charge in [-0.2, -0.15) is 0 Å². The van der Waals surface area contributed by atoms with Crippen molar-refractivity contribution in [3.8, 4) is 0 Å². The molecule has 2 aromatic heterocycles. The summed E-state index contributed by atoms with van der Waals surface area (Å²) in [6, 6.07) is 10.9. The number of fused-ring (bicyclic) bond motifs is 1. The Labute approximate surface area is 131 Å². The summed E-state index contributed by atoms with van der Waals surface area (Å²) >= 11 is 1.39. The highest BCUT2D eigenvalue weighted by atomic mass is 32.1. The highest BCUT2D eigenvalue weighted by Gasteiger charge is 2.13. The van der Waals surface area contributed by atoms with E-state index in [2.05, 4.69) is 5.32 Å². The molecule has 0 spiro atoms. The van der Waals surface area contributed by atoms with E-state index in [-0.39, 0.29) is 5.91 Å². The Bertz CT molecular complexity index is 850. The normalized spacial score (nSPS) is 10.8. The summed E-state index contributed by atoms with van der Waals surface area (Å²) in [5.74, 6) is -0.596. The summed E-state index contributed by atoms with van der Waals surface area (Å²) in [6.45, 7) is 2.61. The smallest absolute Gasteiger partial charge is 0.265 e. The van der Waals surface area contributed by atoms with Crippen LogP contribution >= 0.6 is 11.3 Å². The molecule has 0 saturated carbocycles. The van der Waals surface area contributed by atoms with Crippen LogP contribution in [0.5, 0.6) is 0 Å². The van der Waals surface area contributed by atoms with Crippen molar-refractivity contribution in [2.75, 3.05) is 5.32 Å². The van der Waals surface area contributed by atoms with Gasteiger partial charge >= 0.3 is 0 Å². The third-order valence-corrected chi connectivity index (χ3v) is 4.34. The highest BCUT2D eigenvalue weighted by Crippen LogP contribution is 2.24. The van der Waals surface area contributed by atoms with E-state index in [9.17, 15) is 9.59 Å². The van der Waals surface area contributed by atoms with Gasteiger partial charge in [-0.15, -0.1) is 11.3 Å². The minimum Gasteiger partial charge on any atom is -0.364 e. The van der Waals surface area contributed by atoms with Gasteiger partial charge in [-0.05, 0) is 42.6 Å². The van der Waals surface area contributed by atoms with Crippen LogP contribution in [0.1, 0.15) is 27.1 Å². The molecular formula is C16H15N3O2S. The first-order valence-electron chi connectivity index (χ1n) is 6.88. The summed E-state index contributed by atoms with van der Waals surface area (Å²) in [4.78, 5) is 24.2. The molecule has 3 N–H and O–H groups in total. The van der Waals surface area contributed by atoms with Crippen LogP contribution in [0.4, 0.5) is 5.69 Å². The maximum Gasteiger partial charge on any atom is 0.265 e. The molecule has 0 saturated heterocycles. The van der Waals surface area contributed by atoms with Gasteiger partial charge in [0.2, 0.25) is 0 Å². The van der Waals surface area contributed by atoms with Crippen LogP contribution in [0.15, 0.2) is 41.8 Å². The maximum atomic E-state index is 12.1. The summed E-state index contributed by atoms with van der Waals surface area (Å²) in [7, 11) is 0. The molecule has 22 heavy (non-hydrogen) atoms. The van der Waals surface area contributed by atoms with E-state index >= 15 is 0 Å². The number of carbonyl (C=O) groups is 2. The zero-order valence-corrected chi connectivity index (χ0v) is 12.8. The van der Waals surface area contributed by atoms with Crippen molar-refractivity contribution in [1.29, 1.82) is 0 Å². The Morgan fingerprint density at radius 2 is 2.09 bits per heavy atom. The molecule has 0 bridgehead atoms. The Kier molecular flexibility index (Phi) is 3.68. The molecule has 0 aliphatic carbocycles. The van der Waals surface area contributed by atoms with Crippen LogP contribution in [0, 0.1) is 0 Å². The van der Waals surface area contributed by atoms with Crippen LogP contribution in [0.25, 0.3) is 10.9 Å². The molecule has 3 aromatic rings. The monoisotopic (exact) mass is 313 g/mol. The molecule has 0 atom stereocenters. The molecule has 0 unspecified atom stereocenters. The molecule has 5 nitrogen and oxygen atoms in total. The van der Waals surface area contributed by atoms with E-state index in [1.54, 1.807) is 12.1 Å². The molecule has 1 aromatic carbocycles. The number of aromatic nitrogens is 1. The molecule has 0 radical (unpaired) electrons.